The lowest BCUT2D eigenvalue weighted by atomic mass is 9.76. The highest BCUT2D eigenvalue weighted by molar-refractivity contribution is 6.33. The fourth-order valence-electron chi connectivity index (χ4n) is 13.7. The third kappa shape index (κ3) is 9.81. The summed E-state index contributed by atoms with van der Waals surface area (Å²) in [5.41, 5.74) is 21.9. The first-order chi connectivity index (χ1) is 43.3. The Balaban J connectivity index is 0.944. The van der Waals surface area contributed by atoms with Gasteiger partial charge in [0.15, 0.2) is 0 Å². The summed E-state index contributed by atoms with van der Waals surface area (Å²) in [5.74, 6) is -0.0483. The molecule has 0 aliphatic heterocycles. The zero-order chi connectivity index (χ0) is 59.2. The fourth-order valence-corrected chi connectivity index (χ4v) is 13.7. The summed E-state index contributed by atoms with van der Waals surface area (Å²) in [6.07, 6.45) is 8.84. The number of aryl methyl sites for hydroxylation is 4. The van der Waals surface area contributed by atoms with Crippen molar-refractivity contribution in [2.75, 3.05) is 4.90 Å². The van der Waals surface area contributed by atoms with Gasteiger partial charge in [0.2, 0.25) is 0 Å². The average Bonchev–Trinajstić information content (AvgIpc) is 0.767. The number of hydrogen-bond acceptors (Lipinski definition) is 1. The van der Waals surface area contributed by atoms with E-state index in [0.29, 0.717) is 0 Å². The van der Waals surface area contributed by atoms with E-state index in [1.807, 2.05) is 0 Å². The smallest absolute Gasteiger partial charge is 0.0618 e. The number of fused-ring (bicyclic) bond motifs is 6. The van der Waals surface area contributed by atoms with Gasteiger partial charge in [0.1, 0.15) is 0 Å². The molecule has 1 atom stereocenters. The third-order valence-corrected chi connectivity index (χ3v) is 18.0. The Bertz CT molecular complexity index is 4680. The molecule has 0 aliphatic rings. The van der Waals surface area contributed by atoms with Crippen molar-refractivity contribution in [3.05, 3.63) is 352 Å². The quantitative estimate of drug-likeness (QED) is 0.0669. The topological polar surface area (TPSA) is 3.24 Å². The van der Waals surface area contributed by atoms with E-state index in [1.165, 1.54) is 143 Å². The average molecular weight is 1120 g/mol. The van der Waals surface area contributed by atoms with E-state index in [9.17, 15) is 0 Å². The van der Waals surface area contributed by atoms with Crippen molar-refractivity contribution in [2.45, 2.75) is 33.6 Å². The zero-order valence-electron chi connectivity index (χ0n) is 50.0. The van der Waals surface area contributed by atoms with Gasteiger partial charge in [-0.2, -0.15) is 0 Å². The van der Waals surface area contributed by atoms with Gasteiger partial charge in [-0.05, 0) is 167 Å². The summed E-state index contributed by atoms with van der Waals surface area (Å²) in [6.45, 7) is 8.61. The first-order valence-electron chi connectivity index (χ1n) is 30.8. The van der Waals surface area contributed by atoms with Crippen LogP contribution in [0.2, 0.25) is 0 Å². The summed E-state index contributed by atoms with van der Waals surface area (Å²) < 4.78 is 0. The SMILES string of the molecule is Cc1ccc(/C=C/c2ccc(C(c3ccc(C)cc3)c3c4ccccc4c(-c4c5ccccc5c(-c5c6ccccc6c(N(c6ccc(C)cc6)c6ccc(/C=C/c7ccc(C)cc7)cc6)c6ccccc56)c5ccccc45)c4ccccc34)cc2)cc1. The van der Waals surface area contributed by atoms with Crippen LogP contribution in [-0.2, 0) is 0 Å². The molecule has 0 fully saturated rings. The van der Waals surface area contributed by atoms with Crippen LogP contribution in [0, 0.1) is 27.7 Å². The zero-order valence-corrected chi connectivity index (χ0v) is 50.0. The van der Waals surface area contributed by atoms with Gasteiger partial charge in [-0.25, -0.2) is 0 Å². The molecule has 0 saturated heterocycles. The van der Waals surface area contributed by atoms with Crippen LogP contribution in [0.5, 0.6) is 0 Å². The lowest BCUT2D eigenvalue weighted by Crippen LogP contribution is -2.11. The van der Waals surface area contributed by atoms with Gasteiger partial charge in [-0.3, -0.25) is 0 Å². The van der Waals surface area contributed by atoms with E-state index >= 15 is 0 Å². The molecule has 0 amide bonds. The molecule has 0 heterocycles. The predicted octanol–water partition coefficient (Wildman–Crippen LogP) is 24.2. The first kappa shape index (κ1) is 53.8. The monoisotopic (exact) mass is 1120 g/mol. The van der Waals surface area contributed by atoms with E-state index in [1.54, 1.807) is 0 Å². The minimum absolute atomic E-state index is 0.0483. The summed E-state index contributed by atoms with van der Waals surface area (Å²) in [4.78, 5) is 2.48. The molecule has 1 unspecified atom stereocenters. The molecule has 0 spiro atoms. The summed E-state index contributed by atoms with van der Waals surface area (Å²) in [7, 11) is 0. The molecule has 0 aromatic heterocycles. The van der Waals surface area contributed by atoms with Gasteiger partial charge in [-0.15, -0.1) is 0 Å². The van der Waals surface area contributed by atoms with Crippen molar-refractivity contribution in [3.8, 4) is 22.3 Å². The van der Waals surface area contributed by atoms with Gasteiger partial charge in [-0.1, -0.05) is 313 Å². The molecule has 0 N–H and O–H groups in total. The molecule has 1 heteroatoms. The van der Waals surface area contributed by atoms with Crippen LogP contribution < -0.4 is 4.90 Å². The molecular formula is C87H65N. The molecule has 0 saturated carbocycles. The first-order valence-corrected chi connectivity index (χ1v) is 30.8. The molecular weight excluding hydrogens is 1060 g/mol. The minimum Gasteiger partial charge on any atom is -0.309 e. The third-order valence-electron chi connectivity index (χ3n) is 18.0. The van der Waals surface area contributed by atoms with E-state index in [0.717, 1.165) is 22.6 Å². The van der Waals surface area contributed by atoms with Crippen LogP contribution >= 0.6 is 0 Å². The van der Waals surface area contributed by atoms with Crippen molar-refractivity contribution < 1.29 is 0 Å². The largest absolute Gasteiger partial charge is 0.309 e. The maximum Gasteiger partial charge on any atom is 0.0618 e. The van der Waals surface area contributed by atoms with Crippen LogP contribution in [-0.4, -0.2) is 0 Å². The molecule has 0 radical (unpaired) electrons. The summed E-state index contributed by atoms with van der Waals surface area (Å²) in [6, 6.07) is 109. The number of anilines is 3. The summed E-state index contributed by atoms with van der Waals surface area (Å²) >= 11 is 0. The number of hydrogen-bond donors (Lipinski definition) is 0. The van der Waals surface area contributed by atoms with Gasteiger partial charge in [0, 0.05) is 28.1 Å². The summed E-state index contributed by atoms with van der Waals surface area (Å²) in [5, 5.41) is 14.6. The predicted molar refractivity (Wildman–Crippen MR) is 381 cm³/mol. The van der Waals surface area contributed by atoms with Gasteiger partial charge in [0.25, 0.3) is 0 Å². The van der Waals surface area contributed by atoms with Gasteiger partial charge in [0.05, 0.1) is 5.69 Å². The van der Waals surface area contributed by atoms with Crippen LogP contribution in [0.4, 0.5) is 17.1 Å². The molecule has 0 bridgehead atoms. The minimum atomic E-state index is -0.0483. The maximum absolute atomic E-state index is 2.48. The highest BCUT2D eigenvalue weighted by Gasteiger charge is 2.29. The Labute approximate surface area is 516 Å². The van der Waals surface area contributed by atoms with E-state index in [4.69, 9.17) is 0 Å². The van der Waals surface area contributed by atoms with Crippen LogP contribution in [0.1, 0.15) is 67.1 Å². The molecule has 15 aromatic rings. The molecule has 0 aliphatic carbocycles. The van der Waals surface area contributed by atoms with Gasteiger partial charge < -0.3 is 4.90 Å². The second-order valence-corrected chi connectivity index (χ2v) is 23.8. The molecule has 15 rings (SSSR count). The highest BCUT2D eigenvalue weighted by atomic mass is 15.1. The van der Waals surface area contributed by atoms with Crippen molar-refractivity contribution in [3.63, 3.8) is 0 Å². The lowest BCUT2D eigenvalue weighted by Gasteiger charge is -2.30. The molecule has 1 nitrogen and oxygen atoms in total. The Hall–Kier alpha value is -10.9. The van der Waals surface area contributed by atoms with E-state index in [-0.39, 0.29) is 5.92 Å². The highest BCUT2D eigenvalue weighted by Crippen LogP contribution is 2.54. The van der Waals surface area contributed by atoms with Crippen LogP contribution in [0.25, 0.3) is 111 Å². The lowest BCUT2D eigenvalue weighted by molar-refractivity contribution is 0.998. The van der Waals surface area contributed by atoms with Crippen molar-refractivity contribution in [1.29, 1.82) is 0 Å². The standard InChI is InChI=1S/C87H65N/c1-57-29-37-61(38-30-57)41-43-63-45-51-66(52-46-63)81(65-49-33-59(3)34-50-65)82-69-17-5-7-19-71(69)83(72-20-8-6-18-70(72)82)84-73-21-9-11-23-75(73)85(76-24-12-10-22-74(76)84)86-77-25-13-15-27-79(77)87(80-28-16-14-26-78(80)86)88(67-53-35-60(4)36-54-67)68-55-47-64(48-56-68)44-42-62-39-31-58(2)32-40-62/h5-56,81H,1-4H3/b43-41+,44-42+. The van der Waals surface area contributed by atoms with Crippen LogP contribution in [0.15, 0.2) is 291 Å². The Morgan fingerprint density at radius 3 is 0.773 bits per heavy atom. The molecule has 15 aromatic carbocycles. The Morgan fingerprint density at radius 2 is 0.443 bits per heavy atom. The maximum atomic E-state index is 2.48. The van der Waals surface area contributed by atoms with Crippen molar-refractivity contribution >= 4 is 106 Å². The van der Waals surface area contributed by atoms with Crippen LogP contribution in [0.3, 0.4) is 0 Å². The Morgan fingerprint density at radius 1 is 0.227 bits per heavy atom. The second-order valence-electron chi connectivity index (χ2n) is 23.8. The number of rotatable bonds is 12. The van der Waals surface area contributed by atoms with Gasteiger partial charge >= 0.3 is 0 Å². The number of benzene rings is 15. The van der Waals surface area contributed by atoms with Crippen molar-refractivity contribution in [2.24, 2.45) is 0 Å². The fraction of sp³-hybridized carbons (Fsp3) is 0.0575. The number of nitrogens with zero attached hydrogens (tertiary/aromatic N) is 1. The van der Waals surface area contributed by atoms with Crippen molar-refractivity contribution in [1.82, 2.24) is 0 Å². The van der Waals surface area contributed by atoms with E-state index < -0.39 is 0 Å². The molecule has 88 heavy (non-hydrogen) atoms. The van der Waals surface area contributed by atoms with E-state index in [2.05, 4.69) is 348 Å². The second kappa shape index (κ2) is 22.9. The molecule has 418 valence electrons. The Kier molecular flexibility index (Phi) is 14.0. The normalized spacial score (nSPS) is 12.2.